The van der Waals surface area contributed by atoms with Gasteiger partial charge in [0.1, 0.15) is 0 Å². The first-order chi connectivity index (χ1) is 4.21. The Labute approximate surface area is 57.1 Å². The summed E-state index contributed by atoms with van der Waals surface area (Å²) in [6, 6.07) is 0. The predicted octanol–water partition coefficient (Wildman–Crippen LogP) is 1.91. The number of nitrogens with one attached hydrogen (secondary N) is 1. The molecule has 0 aromatic carbocycles. The SMILES string of the molecule is CC1(C)CCC=CNC1. The minimum Gasteiger partial charge on any atom is -0.391 e. The number of hydrogen-bond donors (Lipinski definition) is 1. The van der Waals surface area contributed by atoms with Crippen LogP contribution in [0.3, 0.4) is 0 Å². The Bertz CT molecular complexity index is 102. The van der Waals surface area contributed by atoms with Gasteiger partial charge in [-0.2, -0.15) is 0 Å². The molecule has 1 rings (SSSR count). The van der Waals surface area contributed by atoms with Gasteiger partial charge in [-0.25, -0.2) is 0 Å². The molecule has 9 heavy (non-hydrogen) atoms. The van der Waals surface area contributed by atoms with Gasteiger partial charge in [-0.15, -0.1) is 0 Å². The highest BCUT2D eigenvalue weighted by Crippen LogP contribution is 2.22. The second-order valence-corrected chi connectivity index (χ2v) is 3.49. The summed E-state index contributed by atoms with van der Waals surface area (Å²) in [5, 5.41) is 3.26. The highest BCUT2D eigenvalue weighted by Gasteiger charge is 2.16. The van der Waals surface area contributed by atoms with Crippen molar-refractivity contribution in [2.24, 2.45) is 5.41 Å². The summed E-state index contributed by atoms with van der Waals surface area (Å²) in [5.74, 6) is 0. The smallest absolute Gasteiger partial charge is 0.0192 e. The fourth-order valence-electron chi connectivity index (χ4n) is 1.06. The van der Waals surface area contributed by atoms with Gasteiger partial charge in [-0.1, -0.05) is 19.9 Å². The van der Waals surface area contributed by atoms with Crippen LogP contribution in [0.4, 0.5) is 0 Å². The molecular weight excluding hydrogens is 110 g/mol. The molecule has 1 aliphatic heterocycles. The zero-order chi connectivity index (χ0) is 6.74. The molecule has 0 aliphatic carbocycles. The van der Waals surface area contributed by atoms with E-state index in [0.717, 1.165) is 6.54 Å². The molecule has 52 valence electrons. The Hall–Kier alpha value is -0.460. The molecule has 1 N–H and O–H groups in total. The Kier molecular flexibility index (Phi) is 1.79. The molecule has 0 atom stereocenters. The summed E-state index contributed by atoms with van der Waals surface area (Å²) >= 11 is 0. The van der Waals surface area contributed by atoms with Gasteiger partial charge < -0.3 is 5.32 Å². The second-order valence-electron chi connectivity index (χ2n) is 3.49. The maximum absolute atomic E-state index is 3.26. The monoisotopic (exact) mass is 125 g/mol. The molecule has 0 saturated heterocycles. The maximum atomic E-state index is 3.26. The predicted molar refractivity (Wildman–Crippen MR) is 40.2 cm³/mol. The average Bonchev–Trinajstić information content (AvgIpc) is 1.92. The van der Waals surface area contributed by atoms with Gasteiger partial charge >= 0.3 is 0 Å². The van der Waals surface area contributed by atoms with Crippen molar-refractivity contribution in [2.45, 2.75) is 26.7 Å². The number of allylic oxidation sites excluding steroid dienone is 1. The van der Waals surface area contributed by atoms with Crippen molar-refractivity contribution < 1.29 is 0 Å². The van der Waals surface area contributed by atoms with Crippen molar-refractivity contribution in [3.8, 4) is 0 Å². The minimum absolute atomic E-state index is 0.490. The summed E-state index contributed by atoms with van der Waals surface area (Å²) < 4.78 is 0. The van der Waals surface area contributed by atoms with Crippen LogP contribution in [-0.4, -0.2) is 6.54 Å². The van der Waals surface area contributed by atoms with E-state index in [4.69, 9.17) is 0 Å². The molecule has 1 heteroatoms. The maximum Gasteiger partial charge on any atom is 0.0192 e. The van der Waals surface area contributed by atoms with E-state index in [-0.39, 0.29) is 0 Å². The lowest BCUT2D eigenvalue weighted by molar-refractivity contribution is 0.339. The normalized spacial score (nSPS) is 24.7. The second kappa shape index (κ2) is 2.42. The molecule has 0 saturated carbocycles. The minimum atomic E-state index is 0.490. The fraction of sp³-hybridized carbons (Fsp3) is 0.750. The Morgan fingerprint density at radius 3 is 3.00 bits per heavy atom. The molecule has 0 radical (unpaired) electrons. The lowest BCUT2D eigenvalue weighted by Gasteiger charge is -2.21. The van der Waals surface area contributed by atoms with E-state index in [0.29, 0.717) is 5.41 Å². The van der Waals surface area contributed by atoms with Crippen LogP contribution in [0.5, 0.6) is 0 Å². The van der Waals surface area contributed by atoms with E-state index in [1.165, 1.54) is 12.8 Å². The zero-order valence-corrected chi connectivity index (χ0v) is 6.28. The van der Waals surface area contributed by atoms with Crippen LogP contribution in [0.1, 0.15) is 26.7 Å². The van der Waals surface area contributed by atoms with E-state index in [1.54, 1.807) is 0 Å². The van der Waals surface area contributed by atoms with Crippen LogP contribution >= 0.6 is 0 Å². The Morgan fingerprint density at radius 1 is 1.44 bits per heavy atom. The number of rotatable bonds is 0. The van der Waals surface area contributed by atoms with E-state index in [9.17, 15) is 0 Å². The average molecular weight is 125 g/mol. The summed E-state index contributed by atoms with van der Waals surface area (Å²) in [6.45, 7) is 5.71. The third-order valence-corrected chi connectivity index (χ3v) is 1.80. The third kappa shape index (κ3) is 2.08. The van der Waals surface area contributed by atoms with Crippen molar-refractivity contribution in [2.75, 3.05) is 6.54 Å². The quantitative estimate of drug-likeness (QED) is 0.521. The van der Waals surface area contributed by atoms with Gasteiger partial charge in [0.15, 0.2) is 0 Å². The topological polar surface area (TPSA) is 12.0 Å². The van der Waals surface area contributed by atoms with Crippen LogP contribution in [0, 0.1) is 5.41 Å². The van der Waals surface area contributed by atoms with Gasteiger partial charge in [-0.3, -0.25) is 0 Å². The lowest BCUT2D eigenvalue weighted by Crippen LogP contribution is -2.23. The van der Waals surface area contributed by atoms with E-state index >= 15 is 0 Å². The van der Waals surface area contributed by atoms with Crippen molar-refractivity contribution in [1.29, 1.82) is 0 Å². The highest BCUT2D eigenvalue weighted by molar-refractivity contribution is 4.88. The first-order valence-corrected chi connectivity index (χ1v) is 3.59. The van der Waals surface area contributed by atoms with Crippen LogP contribution in [-0.2, 0) is 0 Å². The van der Waals surface area contributed by atoms with Gasteiger partial charge in [0.05, 0.1) is 0 Å². The fourth-order valence-corrected chi connectivity index (χ4v) is 1.06. The van der Waals surface area contributed by atoms with Gasteiger partial charge in [0.25, 0.3) is 0 Å². The first kappa shape index (κ1) is 6.66. The summed E-state index contributed by atoms with van der Waals surface area (Å²) in [7, 11) is 0. The molecule has 0 bridgehead atoms. The van der Waals surface area contributed by atoms with E-state index in [1.807, 2.05) is 0 Å². The van der Waals surface area contributed by atoms with Crippen LogP contribution in [0.25, 0.3) is 0 Å². The van der Waals surface area contributed by atoms with Crippen LogP contribution in [0.2, 0.25) is 0 Å². The molecule has 0 aromatic heterocycles. The molecule has 0 spiro atoms. The zero-order valence-electron chi connectivity index (χ0n) is 6.28. The molecule has 1 aliphatic rings. The molecule has 0 aromatic rings. The van der Waals surface area contributed by atoms with Gasteiger partial charge in [0, 0.05) is 6.54 Å². The molecule has 1 nitrogen and oxygen atoms in total. The van der Waals surface area contributed by atoms with Crippen molar-refractivity contribution in [3.05, 3.63) is 12.3 Å². The molecule has 0 unspecified atom stereocenters. The van der Waals surface area contributed by atoms with Crippen molar-refractivity contribution >= 4 is 0 Å². The Balaban J connectivity index is 2.44. The molecule has 0 amide bonds. The Morgan fingerprint density at radius 2 is 2.22 bits per heavy atom. The van der Waals surface area contributed by atoms with Crippen LogP contribution < -0.4 is 5.32 Å². The van der Waals surface area contributed by atoms with E-state index in [2.05, 4.69) is 31.4 Å². The standard InChI is InChI=1S/C8H15N/c1-8(2)5-3-4-6-9-7-8/h4,6,9H,3,5,7H2,1-2H3. The van der Waals surface area contributed by atoms with E-state index < -0.39 is 0 Å². The number of hydrogen-bond acceptors (Lipinski definition) is 1. The molecule has 1 heterocycles. The summed E-state index contributed by atoms with van der Waals surface area (Å²) in [6.07, 6.45) is 6.79. The van der Waals surface area contributed by atoms with Crippen LogP contribution in [0.15, 0.2) is 12.3 Å². The summed E-state index contributed by atoms with van der Waals surface area (Å²) in [5.41, 5.74) is 0.490. The largest absolute Gasteiger partial charge is 0.391 e. The first-order valence-electron chi connectivity index (χ1n) is 3.59. The lowest BCUT2D eigenvalue weighted by atomic mass is 9.89. The third-order valence-electron chi connectivity index (χ3n) is 1.80. The summed E-state index contributed by atoms with van der Waals surface area (Å²) in [4.78, 5) is 0. The highest BCUT2D eigenvalue weighted by atomic mass is 14.8. The molecule has 0 fully saturated rings. The van der Waals surface area contributed by atoms with Crippen molar-refractivity contribution in [1.82, 2.24) is 5.32 Å². The van der Waals surface area contributed by atoms with Gasteiger partial charge in [0.2, 0.25) is 0 Å². The van der Waals surface area contributed by atoms with Crippen molar-refractivity contribution in [3.63, 3.8) is 0 Å². The molecular formula is C8H15N. The van der Waals surface area contributed by atoms with Gasteiger partial charge in [-0.05, 0) is 24.5 Å².